The second kappa shape index (κ2) is 12.3. The molecule has 1 amide bonds. The number of hydrogen-bond acceptors (Lipinski definition) is 4. The average molecular weight is 608 g/mol. The summed E-state index contributed by atoms with van der Waals surface area (Å²) in [4.78, 5) is 19.6. The van der Waals surface area contributed by atoms with Gasteiger partial charge in [-0.2, -0.15) is 13.2 Å². The van der Waals surface area contributed by atoms with E-state index in [1.54, 1.807) is 35.8 Å². The topological polar surface area (TPSA) is 72.3 Å². The molecule has 12 heteroatoms. The van der Waals surface area contributed by atoms with Crippen LogP contribution in [0.25, 0.3) is 5.69 Å². The fraction of sp³-hybridized carbons (Fsp3) is 0.400. The van der Waals surface area contributed by atoms with Gasteiger partial charge in [-0.25, -0.2) is 22.2 Å². The predicted octanol–water partition coefficient (Wildman–Crippen LogP) is 5.93. The molecule has 0 N–H and O–H groups in total. The first-order valence-electron chi connectivity index (χ1n) is 13.4. The summed E-state index contributed by atoms with van der Waals surface area (Å²) in [6.07, 6.45) is 1.59. The molecule has 0 radical (unpaired) electrons. The summed E-state index contributed by atoms with van der Waals surface area (Å²) in [5.74, 6) is 0.0813. The Balaban J connectivity index is 1.78. The number of nitrogens with zero attached hydrogens (tertiary/aromatic N) is 3. The number of imidazole rings is 1. The number of benzene rings is 2. The van der Waals surface area contributed by atoms with Gasteiger partial charge in [0.1, 0.15) is 18.3 Å². The molecule has 3 aromatic rings. The molecule has 1 aliphatic carbocycles. The zero-order chi connectivity index (χ0) is 30.8. The number of amides is 1. The molecule has 0 spiro atoms. The lowest BCUT2D eigenvalue weighted by atomic mass is 10.1. The predicted molar refractivity (Wildman–Crippen MR) is 148 cm³/mol. The van der Waals surface area contributed by atoms with E-state index in [0.717, 1.165) is 18.9 Å². The molecule has 42 heavy (non-hydrogen) atoms. The van der Waals surface area contributed by atoms with Crippen LogP contribution in [0.15, 0.2) is 42.5 Å². The second-order valence-corrected chi connectivity index (χ2v) is 12.7. The largest absolute Gasteiger partial charge is 0.419 e. The highest BCUT2D eigenvalue weighted by Gasteiger charge is 2.36. The lowest BCUT2D eigenvalue weighted by Crippen LogP contribution is -2.39. The van der Waals surface area contributed by atoms with E-state index < -0.39 is 58.2 Å². The van der Waals surface area contributed by atoms with Crippen LogP contribution in [0.2, 0.25) is 0 Å². The average Bonchev–Trinajstić information content (AvgIpc) is 3.72. The van der Waals surface area contributed by atoms with Crippen LogP contribution in [0, 0.1) is 18.2 Å². The van der Waals surface area contributed by atoms with Gasteiger partial charge in [-0.1, -0.05) is 18.9 Å². The number of alkyl halides is 4. The second-order valence-electron chi connectivity index (χ2n) is 10.2. The van der Waals surface area contributed by atoms with Crippen molar-refractivity contribution in [1.29, 1.82) is 0 Å². The summed E-state index contributed by atoms with van der Waals surface area (Å²) in [6.45, 7) is 1.94. The molecule has 224 valence electrons. The van der Waals surface area contributed by atoms with Crippen LogP contribution in [0.1, 0.15) is 72.6 Å². The Morgan fingerprint density at radius 1 is 1.19 bits per heavy atom. The highest BCUT2D eigenvalue weighted by molar-refractivity contribution is 7.91. The minimum absolute atomic E-state index is 0.0394. The van der Waals surface area contributed by atoms with Crippen molar-refractivity contribution in [3.8, 4) is 18.0 Å². The third-order valence-corrected chi connectivity index (χ3v) is 9.03. The van der Waals surface area contributed by atoms with E-state index in [9.17, 15) is 35.2 Å². The van der Waals surface area contributed by atoms with Crippen molar-refractivity contribution in [3.63, 3.8) is 0 Å². The maximum Gasteiger partial charge on any atom is 0.419 e. The molecule has 0 aliphatic heterocycles. The van der Waals surface area contributed by atoms with Gasteiger partial charge < -0.3 is 4.90 Å². The van der Waals surface area contributed by atoms with Crippen LogP contribution in [0.4, 0.5) is 22.0 Å². The number of carbonyl (C=O) groups is 1. The fourth-order valence-electron chi connectivity index (χ4n) is 4.81. The van der Waals surface area contributed by atoms with Gasteiger partial charge in [0, 0.05) is 29.5 Å². The van der Waals surface area contributed by atoms with E-state index in [1.807, 2.05) is 0 Å². The monoisotopic (exact) mass is 607 g/mol. The van der Waals surface area contributed by atoms with Crippen molar-refractivity contribution in [2.75, 3.05) is 18.1 Å². The van der Waals surface area contributed by atoms with E-state index in [-0.39, 0.29) is 29.6 Å². The van der Waals surface area contributed by atoms with E-state index in [0.29, 0.717) is 34.8 Å². The summed E-state index contributed by atoms with van der Waals surface area (Å²) in [5.41, 5.74) is 0.368. The van der Waals surface area contributed by atoms with Crippen LogP contribution < -0.4 is 0 Å². The molecule has 1 heterocycles. The van der Waals surface area contributed by atoms with Crippen molar-refractivity contribution >= 4 is 15.7 Å². The SMILES string of the molecule is C#Cc1ccc(-n2c([C@@H](C)N(CCS(=O)(=O)CC)C(=O)Cc3ccc(F)c(C(F)(F)F)c3)nc(C3CC3)c2CF)cc1. The third-order valence-electron chi connectivity index (χ3n) is 7.35. The zero-order valence-corrected chi connectivity index (χ0v) is 23.9. The van der Waals surface area contributed by atoms with E-state index in [2.05, 4.69) is 5.92 Å². The third kappa shape index (κ3) is 6.84. The molecular formula is C30H30F5N3O3S. The highest BCUT2D eigenvalue weighted by atomic mass is 32.2. The number of terminal acetylenes is 1. The number of hydrogen-bond donors (Lipinski definition) is 0. The first-order valence-corrected chi connectivity index (χ1v) is 15.2. The van der Waals surface area contributed by atoms with Gasteiger partial charge in [-0.15, -0.1) is 6.42 Å². The first-order chi connectivity index (χ1) is 19.8. The van der Waals surface area contributed by atoms with Gasteiger partial charge in [0.05, 0.1) is 35.2 Å². The lowest BCUT2D eigenvalue weighted by Gasteiger charge is -2.30. The van der Waals surface area contributed by atoms with Crippen molar-refractivity contribution in [2.45, 2.75) is 57.9 Å². The number of sulfone groups is 1. The van der Waals surface area contributed by atoms with Crippen LogP contribution in [0.5, 0.6) is 0 Å². The molecule has 1 aromatic heterocycles. The quantitative estimate of drug-likeness (QED) is 0.200. The first kappa shape index (κ1) is 31.2. The minimum Gasteiger partial charge on any atom is -0.331 e. The van der Waals surface area contributed by atoms with Gasteiger partial charge >= 0.3 is 6.18 Å². The molecule has 4 rings (SSSR count). The smallest absolute Gasteiger partial charge is 0.331 e. The van der Waals surface area contributed by atoms with Crippen LogP contribution >= 0.6 is 0 Å². The molecular weight excluding hydrogens is 577 g/mol. The molecule has 0 saturated heterocycles. The molecule has 0 bridgehead atoms. The molecule has 2 aromatic carbocycles. The fourth-order valence-corrected chi connectivity index (χ4v) is 5.57. The standard InChI is InChI=1S/C30H30F5N3O3S/c1-4-20-6-11-23(12-7-20)38-26(18-31)28(22-9-10-22)36-29(38)19(3)37(14-15-42(40,41)5-2)27(39)17-21-8-13-25(32)24(16-21)30(33,34)35/h1,6-8,11-13,16,19,22H,5,9-10,14-15,17-18H2,2-3H3/t19-/m1/s1. The Bertz CT molecular complexity index is 1600. The van der Waals surface area contributed by atoms with Crippen molar-refractivity contribution in [2.24, 2.45) is 0 Å². The van der Waals surface area contributed by atoms with E-state index in [4.69, 9.17) is 11.4 Å². The summed E-state index contributed by atoms with van der Waals surface area (Å²) >= 11 is 0. The van der Waals surface area contributed by atoms with Crippen molar-refractivity contribution < 1.29 is 35.2 Å². The summed E-state index contributed by atoms with van der Waals surface area (Å²) in [5, 5.41) is 0. The van der Waals surface area contributed by atoms with E-state index in [1.165, 1.54) is 11.8 Å². The number of rotatable bonds is 11. The van der Waals surface area contributed by atoms with Gasteiger partial charge in [-0.3, -0.25) is 9.36 Å². The Hall–Kier alpha value is -3.72. The van der Waals surface area contributed by atoms with Crippen LogP contribution in [-0.2, 0) is 33.9 Å². The van der Waals surface area contributed by atoms with E-state index >= 15 is 0 Å². The van der Waals surface area contributed by atoms with Gasteiger partial charge in [0.15, 0.2) is 9.84 Å². The Morgan fingerprint density at radius 2 is 1.86 bits per heavy atom. The molecule has 1 saturated carbocycles. The van der Waals surface area contributed by atoms with Gasteiger partial charge in [0.2, 0.25) is 5.91 Å². The maximum absolute atomic E-state index is 14.5. The Labute approximate surface area is 241 Å². The van der Waals surface area contributed by atoms with Crippen molar-refractivity contribution in [3.05, 3.63) is 82.2 Å². The normalized spacial score (nSPS) is 14.4. The summed E-state index contributed by atoms with van der Waals surface area (Å²) in [7, 11) is -3.55. The molecule has 1 fully saturated rings. The number of aromatic nitrogens is 2. The summed E-state index contributed by atoms with van der Waals surface area (Å²) in [6, 6.07) is 8.10. The Morgan fingerprint density at radius 3 is 2.40 bits per heavy atom. The minimum atomic E-state index is -4.97. The van der Waals surface area contributed by atoms with Crippen molar-refractivity contribution in [1.82, 2.24) is 14.5 Å². The Kier molecular flexibility index (Phi) is 9.11. The highest BCUT2D eigenvalue weighted by Crippen LogP contribution is 2.43. The number of halogens is 5. The molecule has 1 atom stereocenters. The summed E-state index contributed by atoms with van der Waals surface area (Å²) < 4.78 is 94.7. The molecule has 6 nitrogen and oxygen atoms in total. The number of carbonyl (C=O) groups excluding carboxylic acids is 1. The maximum atomic E-state index is 14.5. The molecule has 1 aliphatic rings. The zero-order valence-electron chi connectivity index (χ0n) is 23.1. The van der Waals surface area contributed by atoms with Gasteiger partial charge in [0.25, 0.3) is 0 Å². The lowest BCUT2D eigenvalue weighted by molar-refractivity contribution is -0.140. The molecule has 0 unspecified atom stereocenters. The van der Waals surface area contributed by atoms with Gasteiger partial charge in [-0.05, 0) is 61.7 Å². The van der Waals surface area contributed by atoms with Crippen LogP contribution in [0.3, 0.4) is 0 Å². The van der Waals surface area contributed by atoms with Crippen LogP contribution in [-0.4, -0.2) is 46.8 Å².